The lowest BCUT2D eigenvalue weighted by molar-refractivity contribution is -0.347. The summed E-state index contributed by atoms with van der Waals surface area (Å²) in [6.45, 7) is 2.82. The predicted molar refractivity (Wildman–Crippen MR) is 87.7 cm³/mol. The van der Waals surface area contributed by atoms with Crippen LogP contribution in [0, 0.1) is 5.92 Å². The van der Waals surface area contributed by atoms with Crippen LogP contribution in [0.2, 0.25) is 0 Å². The van der Waals surface area contributed by atoms with Gasteiger partial charge in [0.05, 0.1) is 24.2 Å². The van der Waals surface area contributed by atoms with E-state index in [4.69, 9.17) is 4.74 Å². The van der Waals surface area contributed by atoms with Gasteiger partial charge in [0, 0.05) is 25.8 Å². The van der Waals surface area contributed by atoms with E-state index in [0.717, 1.165) is 32.6 Å². The molecule has 3 heterocycles. The average Bonchev–Trinajstić information content (AvgIpc) is 3.15. The van der Waals surface area contributed by atoms with Crippen LogP contribution >= 0.6 is 0 Å². The molecular formula is C16H26F3N5O3. The quantitative estimate of drug-likeness (QED) is 0.498. The number of hydrazine groups is 1. The zero-order valence-corrected chi connectivity index (χ0v) is 14.9. The van der Waals surface area contributed by atoms with Crippen LogP contribution in [0.3, 0.4) is 0 Å². The molecule has 1 saturated carbocycles. The summed E-state index contributed by atoms with van der Waals surface area (Å²) >= 11 is 0. The standard InChI is InChI=1S/C16H26F3N5O3/c17-16(18,19)27-9-1-2-11-10(7-9)15(25)26-14(21-11)12-3-4-13(23-22-12)24-6-5-20-8-24/h9-14,20-23H,1-8H2. The number of rotatable bonds is 3. The summed E-state index contributed by atoms with van der Waals surface area (Å²) < 4.78 is 46.9. The second kappa shape index (κ2) is 7.80. The van der Waals surface area contributed by atoms with Gasteiger partial charge in [0.15, 0.2) is 6.23 Å². The lowest BCUT2D eigenvalue weighted by atomic mass is 9.81. The Morgan fingerprint density at radius 3 is 2.59 bits per heavy atom. The van der Waals surface area contributed by atoms with Crippen LogP contribution in [-0.2, 0) is 14.3 Å². The highest BCUT2D eigenvalue weighted by Gasteiger charge is 2.47. The molecule has 6 unspecified atom stereocenters. The molecule has 4 N–H and O–H groups in total. The van der Waals surface area contributed by atoms with Gasteiger partial charge in [-0.3, -0.25) is 19.7 Å². The number of nitrogens with zero attached hydrogens (tertiary/aromatic N) is 1. The summed E-state index contributed by atoms with van der Waals surface area (Å²) in [6, 6.07) is -0.252. The number of nitrogens with one attached hydrogen (secondary N) is 4. The van der Waals surface area contributed by atoms with Crippen LogP contribution in [0.5, 0.6) is 0 Å². The van der Waals surface area contributed by atoms with E-state index in [1.54, 1.807) is 0 Å². The minimum atomic E-state index is -4.68. The Labute approximate surface area is 155 Å². The molecule has 0 aromatic heterocycles. The first-order chi connectivity index (χ1) is 12.9. The Kier molecular flexibility index (Phi) is 5.59. The summed E-state index contributed by atoms with van der Waals surface area (Å²) in [4.78, 5) is 14.7. The van der Waals surface area contributed by atoms with E-state index in [2.05, 4.69) is 31.1 Å². The maximum Gasteiger partial charge on any atom is 0.522 e. The highest BCUT2D eigenvalue weighted by atomic mass is 19.4. The fourth-order valence-electron chi connectivity index (χ4n) is 4.52. The molecule has 0 aromatic carbocycles. The van der Waals surface area contributed by atoms with E-state index in [9.17, 15) is 18.0 Å². The second-order valence-electron chi connectivity index (χ2n) is 7.69. The van der Waals surface area contributed by atoms with Crippen molar-refractivity contribution < 1.29 is 27.4 Å². The van der Waals surface area contributed by atoms with Crippen molar-refractivity contribution in [2.24, 2.45) is 5.92 Å². The number of halogens is 3. The molecule has 1 aliphatic carbocycles. The number of hydrogen-bond acceptors (Lipinski definition) is 8. The van der Waals surface area contributed by atoms with Gasteiger partial charge in [-0.05, 0) is 32.1 Å². The Hall–Kier alpha value is -0.980. The zero-order valence-electron chi connectivity index (χ0n) is 14.9. The third-order valence-electron chi connectivity index (χ3n) is 5.91. The highest BCUT2D eigenvalue weighted by Crippen LogP contribution is 2.34. The SMILES string of the molecule is O=C1OC(C2CCC(N3CCNC3)NN2)NC2CCC(OC(F)(F)F)CC12. The number of alkyl halides is 3. The summed E-state index contributed by atoms with van der Waals surface area (Å²) in [5.41, 5.74) is 6.53. The van der Waals surface area contributed by atoms with Crippen molar-refractivity contribution in [2.75, 3.05) is 19.8 Å². The molecule has 3 saturated heterocycles. The smallest absolute Gasteiger partial charge is 0.445 e. The summed E-state index contributed by atoms with van der Waals surface area (Å²) in [7, 11) is 0. The monoisotopic (exact) mass is 393 g/mol. The zero-order chi connectivity index (χ0) is 19.0. The molecule has 0 spiro atoms. The van der Waals surface area contributed by atoms with Crippen LogP contribution in [0.1, 0.15) is 32.1 Å². The van der Waals surface area contributed by atoms with Crippen molar-refractivity contribution in [1.29, 1.82) is 0 Å². The van der Waals surface area contributed by atoms with Gasteiger partial charge in [0.25, 0.3) is 0 Å². The van der Waals surface area contributed by atoms with E-state index in [0.29, 0.717) is 6.42 Å². The lowest BCUT2D eigenvalue weighted by Gasteiger charge is -2.45. The third-order valence-corrected chi connectivity index (χ3v) is 5.91. The molecule has 4 rings (SSSR count). The molecule has 4 aliphatic rings. The van der Waals surface area contributed by atoms with E-state index in [1.807, 2.05) is 0 Å². The Bertz CT molecular complexity index is 538. The van der Waals surface area contributed by atoms with Crippen LogP contribution in [0.15, 0.2) is 0 Å². The normalized spacial score (nSPS) is 41.2. The maximum absolute atomic E-state index is 12.4. The van der Waals surface area contributed by atoms with Gasteiger partial charge < -0.3 is 10.1 Å². The molecule has 154 valence electrons. The van der Waals surface area contributed by atoms with Gasteiger partial charge in [0.1, 0.15) is 0 Å². The van der Waals surface area contributed by atoms with Gasteiger partial charge >= 0.3 is 12.3 Å². The Morgan fingerprint density at radius 1 is 1.11 bits per heavy atom. The van der Waals surface area contributed by atoms with Crippen molar-refractivity contribution >= 4 is 5.97 Å². The van der Waals surface area contributed by atoms with Gasteiger partial charge in [-0.15, -0.1) is 13.2 Å². The van der Waals surface area contributed by atoms with Crippen molar-refractivity contribution in [2.45, 2.75) is 69.0 Å². The van der Waals surface area contributed by atoms with E-state index >= 15 is 0 Å². The molecule has 11 heteroatoms. The first-order valence-corrected chi connectivity index (χ1v) is 9.56. The summed E-state index contributed by atoms with van der Waals surface area (Å²) in [5, 5.41) is 6.61. The van der Waals surface area contributed by atoms with E-state index in [1.165, 1.54) is 0 Å². The number of cyclic esters (lactones) is 1. The average molecular weight is 393 g/mol. The van der Waals surface area contributed by atoms with Crippen molar-refractivity contribution in [3.05, 3.63) is 0 Å². The predicted octanol–water partition coefficient (Wildman–Crippen LogP) is -0.0220. The number of ether oxygens (including phenoxy) is 2. The van der Waals surface area contributed by atoms with Crippen molar-refractivity contribution in [1.82, 2.24) is 26.4 Å². The number of hydrogen-bond donors (Lipinski definition) is 4. The third kappa shape index (κ3) is 4.54. The Balaban J connectivity index is 1.29. The maximum atomic E-state index is 12.4. The van der Waals surface area contributed by atoms with Crippen LogP contribution in [-0.4, -0.2) is 67.6 Å². The Morgan fingerprint density at radius 2 is 1.93 bits per heavy atom. The van der Waals surface area contributed by atoms with Crippen LogP contribution < -0.4 is 21.5 Å². The first-order valence-electron chi connectivity index (χ1n) is 9.56. The minimum Gasteiger partial charge on any atom is -0.445 e. The van der Waals surface area contributed by atoms with Crippen molar-refractivity contribution in [3.63, 3.8) is 0 Å². The first kappa shape index (κ1) is 19.3. The summed E-state index contributed by atoms with van der Waals surface area (Å²) in [6.07, 6.45) is -3.40. The molecule has 8 nitrogen and oxygen atoms in total. The minimum absolute atomic E-state index is 0.0309. The molecule has 0 aromatic rings. The molecular weight excluding hydrogens is 367 g/mol. The summed E-state index contributed by atoms with van der Waals surface area (Å²) in [5.74, 6) is -1.03. The fraction of sp³-hybridized carbons (Fsp3) is 0.938. The van der Waals surface area contributed by atoms with Gasteiger partial charge in [-0.2, -0.15) is 0 Å². The topological polar surface area (TPSA) is 86.9 Å². The fourth-order valence-corrected chi connectivity index (χ4v) is 4.52. The molecule has 0 amide bonds. The molecule has 4 fully saturated rings. The van der Waals surface area contributed by atoms with Crippen molar-refractivity contribution in [3.8, 4) is 0 Å². The molecule has 27 heavy (non-hydrogen) atoms. The number of carbonyl (C=O) groups is 1. The van der Waals surface area contributed by atoms with Gasteiger partial charge in [0.2, 0.25) is 0 Å². The largest absolute Gasteiger partial charge is 0.522 e. The number of esters is 1. The van der Waals surface area contributed by atoms with E-state index in [-0.39, 0.29) is 31.1 Å². The molecule has 0 radical (unpaired) electrons. The lowest BCUT2D eigenvalue weighted by Crippen LogP contribution is -2.67. The van der Waals surface area contributed by atoms with Crippen LogP contribution in [0.25, 0.3) is 0 Å². The van der Waals surface area contributed by atoms with Crippen LogP contribution in [0.4, 0.5) is 13.2 Å². The second-order valence-corrected chi connectivity index (χ2v) is 7.69. The van der Waals surface area contributed by atoms with E-state index < -0.39 is 30.6 Å². The number of carbonyl (C=O) groups excluding carboxylic acids is 1. The van der Waals surface area contributed by atoms with Gasteiger partial charge in [-0.1, -0.05) is 0 Å². The number of fused-ring (bicyclic) bond motifs is 1. The molecule has 0 bridgehead atoms. The van der Waals surface area contributed by atoms with Gasteiger partial charge in [-0.25, -0.2) is 10.9 Å². The highest BCUT2D eigenvalue weighted by molar-refractivity contribution is 5.74. The molecule has 3 aliphatic heterocycles. The molecule has 6 atom stereocenters.